The first-order chi connectivity index (χ1) is 13.4. The van der Waals surface area contributed by atoms with Crippen molar-refractivity contribution in [1.82, 2.24) is 10.1 Å². The number of aryl methyl sites for hydroxylation is 1. The van der Waals surface area contributed by atoms with Gasteiger partial charge in [0.2, 0.25) is 5.88 Å². The highest BCUT2D eigenvalue weighted by Crippen LogP contribution is 2.43. The Hall–Kier alpha value is -2.12. The van der Waals surface area contributed by atoms with E-state index in [1.54, 1.807) is 11.0 Å². The molecule has 1 N–H and O–H groups in total. The first-order valence-electron chi connectivity index (χ1n) is 9.45. The topological polar surface area (TPSA) is 67.6 Å². The summed E-state index contributed by atoms with van der Waals surface area (Å²) in [4.78, 5) is 14.3. The van der Waals surface area contributed by atoms with Crippen LogP contribution in [0.1, 0.15) is 42.0 Å². The molecule has 6 nitrogen and oxygen atoms in total. The number of aromatic nitrogens is 1. The summed E-state index contributed by atoms with van der Waals surface area (Å²) in [6.07, 6.45) is 2.33. The van der Waals surface area contributed by atoms with Gasteiger partial charge in [0.05, 0.1) is 22.9 Å². The van der Waals surface area contributed by atoms with Crippen LogP contribution in [-0.2, 0) is 4.74 Å². The van der Waals surface area contributed by atoms with Crippen molar-refractivity contribution < 1.29 is 18.4 Å². The number of anilines is 1. The van der Waals surface area contributed by atoms with Crippen molar-refractivity contribution in [3.05, 3.63) is 45.9 Å². The van der Waals surface area contributed by atoms with E-state index in [0.717, 1.165) is 36.1 Å². The highest BCUT2D eigenvalue weighted by molar-refractivity contribution is 6.30. The Morgan fingerprint density at radius 3 is 2.75 bits per heavy atom. The molecule has 2 aromatic rings. The second-order valence-electron chi connectivity index (χ2n) is 7.71. The number of urea groups is 1. The average molecular weight is 408 g/mol. The summed E-state index contributed by atoms with van der Waals surface area (Å²) >= 11 is 5.78. The van der Waals surface area contributed by atoms with Crippen LogP contribution < -0.4 is 5.32 Å². The van der Waals surface area contributed by atoms with Crippen molar-refractivity contribution in [3.8, 4) is 0 Å². The van der Waals surface area contributed by atoms with E-state index in [2.05, 4.69) is 10.5 Å². The molecule has 0 aliphatic carbocycles. The first kappa shape index (κ1) is 19.2. The van der Waals surface area contributed by atoms with E-state index in [1.165, 1.54) is 6.07 Å². The quantitative estimate of drug-likeness (QED) is 0.786. The Morgan fingerprint density at radius 1 is 1.36 bits per heavy atom. The molecule has 4 rings (SSSR count). The van der Waals surface area contributed by atoms with Gasteiger partial charge < -0.3 is 14.2 Å². The van der Waals surface area contributed by atoms with Crippen LogP contribution in [0.15, 0.2) is 22.7 Å². The largest absolute Gasteiger partial charge is 0.374 e. The van der Waals surface area contributed by atoms with Gasteiger partial charge in [-0.15, -0.1) is 0 Å². The second kappa shape index (κ2) is 7.37. The van der Waals surface area contributed by atoms with Crippen LogP contribution in [0.2, 0.25) is 5.02 Å². The molecule has 0 radical (unpaired) electrons. The molecule has 1 unspecified atom stereocenters. The fourth-order valence-corrected chi connectivity index (χ4v) is 4.12. The molecule has 1 aromatic heterocycles. The number of halogens is 2. The van der Waals surface area contributed by atoms with Gasteiger partial charge in [0.15, 0.2) is 0 Å². The third-order valence-corrected chi connectivity index (χ3v) is 6.27. The number of benzene rings is 1. The number of rotatable bonds is 2. The van der Waals surface area contributed by atoms with Crippen LogP contribution in [-0.4, -0.2) is 41.4 Å². The first-order valence-corrected chi connectivity index (χ1v) is 9.82. The van der Waals surface area contributed by atoms with Gasteiger partial charge in [0, 0.05) is 24.6 Å². The van der Waals surface area contributed by atoms with Crippen LogP contribution in [0.4, 0.5) is 15.1 Å². The monoisotopic (exact) mass is 407 g/mol. The van der Waals surface area contributed by atoms with Crippen molar-refractivity contribution in [2.24, 2.45) is 0 Å². The standard InChI is InChI=1S/C20H23ClFN3O3/c1-12-13(2)24-28-18(12)23-19(26)25-7-5-20(6-8-25)10-15(11-27-20)14-3-4-16(21)17(22)9-14/h3-4,9,15H,5-8,10-11H2,1-2H3,(H,23,26). The Balaban J connectivity index is 1.35. The van der Waals surface area contributed by atoms with Crippen LogP contribution in [0.5, 0.6) is 0 Å². The number of hydrogen-bond donors (Lipinski definition) is 1. The lowest BCUT2D eigenvalue weighted by atomic mass is 9.83. The Labute approximate surface area is 168 Å². The number of nitrogens with one attached hydrogen (secondary N) is 1. The molecule has 3 heterocycles. The SMILES string of the molecule is Cc1noc(NC(=O)N2CCC3(CC2)CC(c2ccc(Cl)c(F)c2)CO3)c1C. The van der Waals surface area contributed by atoms with E-state index in [0.29, 0.717) is 25.6 Å². The Bertz CT molecular complexity index is 893. The number of nitrogens with zero attached hydrogens (tertiary/aromatic N) is 2. The summed E-state index contributed by atoms with van der Waals surface area (Å²) in [7, 11) is 0. The van der Waals surface area contributed by atoms with Crippen molar-refractivity contribution in [1.29, 1.82) is 0 Å². The molecular formula is C20H23ClFN3O3. The van der Waals surface area contributed by atoms with E-state index in [9.17, 15) is 9.18 Å². The summed E-state index contributed by atoms with van der Waals surface area (Å²) in [6.45, 7) is 5.45. The summed E-state index contributed by atoms with van der Waals surface area (Å²) in [5, 5.41) is 6.78. The summed E-state index contributed by atoms with van der Waals surface area (Å²) in [6, 6.07) is 4.77. The fraction of sp³-hybridized carbons (Fsp3) is 0.500. The van der Waals surface area contributed by atoms with Gasteiger partial charge in [0.1, 0.15) is 5.82 Å². The van der Waals surface area contributed by atoms with Gasteiger partial charge in [-0.25, -0.2) is 9.18 Å². The molecule has 2 aliphatic heterocycles. The lowest BCUT2D eigenvalue weighted by Gasteiger charge is -2.38. The molecule has 2 fully saturated rings. The maximum atomic E-state index is 13.8. The molecular weight excluding hydrogens is 385 g/mol. The third kappa shape index (κ3) is 3.61. The minimum Gasteiger partial charge on any atom is -0.374 e. The Kier molecular flexibility index (Phi) is 5.05. The smallest absolute Gasteiger partial charge is 0.324 e. The molecule has 1 aromatic carbocycles. The molecule has 2 amide bonds. The number of carbonyl (C=O) groups excluding carboxylic acids is 1. The number of hydrogen-bond acceptors (Lipinski definition) is 4. The van der Waals surface area contributed by atoms with Gasteiger partial charge >= 0.3 is 6.03 Å². The summed E-state index contributed by atoms with van der Waals surface area (Å²) in [5.74, 6) is 0.140. The van der Waals surface area contributed by atoms with Crippen LogP contribution in [0.3, 0.4) is 0 Å². The van der Waals surface area contributed by atoms with Crippen molar-refractivity contribution in [2.75, 3.05) is 25.0 Å². The van der Waals surface area contributed by atoms with E-state index in [-0.39, 0.29) is 22.6 Å². The van der Waals surface area contributed by atoms with Gasteiger partial charge in [-0.1, -0.05) is 22.8 Å². The zero-order valence-corrected chi connectivity index (χ0v) is 16.7. The fourth-order valence-electron chi connectivity index (χ4n) is 4.00. The third-order valence-electron chi connectivity index (χ3n) is 5.96. The van der Waals surface area contributed by atoms with Crippen LogP contribution in [0, 0.1) is 19.7 Å². The zero-order valence-electron chi connectivity index (χ0n) is 15.9. The predicted molar refractivity (Wildman–Crippen MR) is 103 cm³/mol. The maximum absolute atomic E-state index is 13.8. The average Bonchev–Trinajstić information content (AvgIpc) is 3.23. The number of amides is 2. The lowest BCUT2D eigenvalue weighted by molar-refractivity contribution is -0.0355. The number of piperidine rings is 1. The molecule has 1 spiro atoms. The van der Waals surface area contributed by atoms with Crippen LogP contribution in [0.25, 0.3) is 0 Å². The van der Waals surface area contributed by atoms with Crippen molar-refractivity contribution in [3.63, 3.8) is 0 Å². The number of carbonyl (C=O) groups is 1. The molecule has 150 valence electrons. The molecule has 2 saturated heterocycles. The number of likely N-dealkylation sites (tertiary alicyclic amines) is 1. The van der Waals surface area contributed by atoms with Gasteiger partial charge in [-0.3, -0.25) is 5.32 Å². The van der Waals surface area contributed by atoms with Gasteiger partial charge in [-0.05, 0) is 50.8 Å². The molecule has 1 atom stereocenters. The minimum atomic E-state index is -0.399. The molecule has 28 heavy (non-hydrogen) atoms. The molecule has 0 bridgehead atoms. The molecule has 2 aliphatic rings. The number of ether oxygens (including phenoxy) is 1. The molecule has 0 saturated carbocycles. The molecule has 8 heteroatoms. The summed E-state index contributed by atoms with van der Waals surface area (Å²) < 4.78 is 25.1. The Morgan fingerprint density at radius 2 is 2.11 bits per heavy atom. The van der Waals surface area contributed by atoms with Crippen molar-refractivity contribution >= 4 is 23.5 Å². The van der Waals surface area contributed by atoms with Gasteiger partial charge in [0.25, 0.3) is 0 Å². The second-order valence-corrected chi connectivity index (χ2v) is 8.12. The van der Waals surface area contributed by atoms with Crippen molar-refractivity contribution in [2.45, 2.75) is 44.6 Å². The van der Waals surface area contributed by atoms with Crippen LogP contribution >= 0.6 is 11.6 Å². The zero-order chi connectivity index (χ0) is 19.9. The minimum absolute atomic E-state index is 0.133. The maximum Gasteiger partial charge on any atom is 0.324 e. The van der Waals surface area contributed by atoms with E-state index < -0.39 is 5.82 Å². The highest BCUT2D eigenvalue weighted by atomic mass is 35.5. The predicted octanol–water partition coefficient (Wildman–Crippen LogP) is 4.65. The van der Waals surface area contributed by atoms with Gasteiger partial charge in [-0.2, -0.15) is 0 Å². The van der Waals surface area contributed by atoms with E-state index in [1.807, 2.05) is 19.9 Å². The summed E-state index contributed by atoms with van der Waals surface area (Å²) in [5.41, 5.74) is 2.25. The lowest BCUT2D eigenvalue weighted by Crippen LogP contribution is -2.47. The normalized spacial score (nSPS) is 21.3. The van der Waals surface area contributed by atoms with E-state index in [4.69, 9.17) is 20.9 Å². The van der Waals surface area contributed by atoms with E-state index >= 15 is 0 Å². The highest BCUT2D eigenvalue weighted by Gasteiger charge is 2.44.